The fourth-order valence-electron chi connectivity index (χ4n) is 3.83. The van der Waals surface area contributed by atoms with Gasteiger partial charge >= 0.3 is 5.97 Å². The van der Waals surface area contributed by atoms with E-state index in [2.05, 4.69) is 0 Å². The zero-order valence-corrected chi connectivity index (χ0v) is 11.5. The minimum Gasteiger partial charge on any atom is -0.461 e. The summed E-state index contributed by atoms with van der Waals surface area (Å²) in [6, 6.07) is 0. The van der Waals surface area contributed by atoms with E-state index >= 15 is 0 Å². The molecular formula is C15H18O5. The van der Waals surface area contributed by atoms with Crippen LogP contribution in [0.25, 0.3) is 0 Å². The number of carbonyl (C=O) groups is 2. The molecule has 0 bridgehead atoms. The van der Waals surface area contributed by atoms with Crippen LogP contribution in [-0.2, 0) is 14.3 Å². The molecular weight excluding hydrogens is 260 g/mol. The predicted octanol–water partition coefficient (Wildman–Crippen LogP) is 0.363. The minimum atomic E-state index is -0.702. The van der Waals surface area contributed by atoms with Crippen molar-refractivity contribution < 1.29 is 24.5 Å². The third-order valence-corrected chi connectivity index (χ3v) is 4.80. The second-order valence-corrected chi connectivity index (χ2v) is 5.95. The lowest BCUT2D eigenvalue weighted by Crippen LogP contribution is -2.35. The van der Waals surface area contributed by atoms with Gasteiger partial charge in [0.2, 0.25) is 0 Å². The van der Waals surface area contributed by atoms with Crippen LogP contribution < -0.4 is 0 Å². The highest BCUT2D eigenvalue weighted by molar-refractivity contribution is 6.09. The SMILES string of the molecule is CC1=C2C(=O)C=C(CO)[C@@H]2[C@H]2OC(=O)[C@@H](C)[C@H]2[C@H](O)C1. The number of aliphatic hydroxyl groups is 2. The predicted molar refractivity (Wildman–Crippen MR) is 69.5 cm³/mol. The zero-order chi connectivity index (χ0) is 14.6. The summed E-state index contributed by atoms with van der Waals surface area (Å²) in [5.41, 5.74) is 1.99. The van der Waals surface area contributed by atoms with Gasteiger partial charge in [0.05, 0.1) is 18.6 Å². The van der Waals surface area contributed by atoms with Crippen molar-refractivity contribution in [2.75, 3.05) is 6.61 Å². The lowest BCUT2D eigenvalue weighted by Gasteiger charge is -2.27. The van der Waals surface area contributed by atoms with Gasteiger partial charge in [0.1, 0.15) is 6.10 Å². The lowest BCUT2D eigenvalue weighted by atomic mass is 9.79. The summed E-state index contributed by atoms with van der Waals surface area (Å²) in [4.78, 5) is 24.0. The Kier molecular flexibility index (Phi) is 3.06. The van der Waals surface area contributed by atoms with E-state index in [4.69, 9.17) is 4.74 Å². The molecule has 5 nitrogen and oxygen atoms in total. The molecule has 5 atom stereocenters. The number of ether oxygens (including phenoxy) is 1. The fourth-order valence-corrected chi connectivity index (χ4v) is 3.83. The third-order valence-electron chi connectivity index (χ3n) is 4.80. The number of hydrogen-bond acceptors (Lipinski definition) is 5. The Bertz CT molecular complexity index is 544. The Hall–Kier alpha value is -1.46. The summed E-state index contributed by atoms with van der Waals surface area (Å²) in [5.74, 6) is -1.60. The van der Waals surface area contributed by atoms with Crippen LogP contribution in [-0.4, -0.2) is 40.8 Å². The second-order valence-electron chi connectivity index (χ2n) is 5.95. The van der Waals surface area contributed by atoms with E-state index in [1.165, 1.54) is 6.08 Å². The molecule has 0 amide bonds. The first-order chi connectivity index (χ1) is 9.45. The van der Waals surface area contributed by atoms with Gasteiger partial charge in [-0.15, -0.1) is 0 Å². The summed E-state index contributed by atoms with van der Waals surface area (Å²) in [6.45, 7) is 3.33. The molecule has 0 radical (unpaired) electrons. The standard InChI is InChI=1S/C15H18O5/c1-6-3-9(17)12-7(2)15(19)20-14(12)13-8(5-16)4-10(18)11(6)13/h4,7,9,12-14,16-17H,3,5H2,1-2H3/t7-,9+,12-,13-,14-/m0/s1. The largest absolute Gasteiger partial charge is 0.461 e. The van der Waals surface area contributed by atoms with Crippen molar-refractivity contribution in [3.8, 4) is 0 Å². The van der Waals surface area contributed by atoms with Gasteiger partial charge in [0.25, 0.3) is 0 Å². The number of esters is 1. The fraction of sp³-hybridized carbons (Fsp3) is 0.600. The van der Waals surface area contributed by atoms with Gasteiger partial charge in [-0.05, 0) is 25.0 Å². The van der Waals surface area contributed by atoms with E-state index < -0.39 is 24.0 Å². The highest BCUT2D eigenvalue weighted by Crippen LogP contribution is 2.47. The van der Waals surface area contributed by atoms with Gasteiger partial charge in [-0.3, -0.25) is 9.59 Å². The topological polar surface area (TPSA) is 83.8 Å². The molecule has 108 valence electrons. The van der Waals surface area contributed by atoms with Crippen molar-refractivity contribution in [3.05, 3.63) is 22.8 Å². The maximum absolute atomic E-state index is 12.1. The minimum absolute atomic E-state index is 0.139. The number of aliphatic hydroxyl groups excluding tert-OH is 2. The number of fused-ring (bicyclic) bond motifs is 3. The number of carbonyl (C=O) groups excluding carboxylic acids is 2. The maximum Gasteiger partial charge on any atom is 0.309 e. The third kappa shape index (κ3) is 1.70. The lowest BCUT2D eigenvalue weighted by molar-refractivity contribution is -0.145. The van der Waals surface area contributed by atoms with Crippen LogP contribution in [0.5, 0.6) is 0 Å². The summed E-state index contributed by atoms with van der Waals surface area (Å²) >= 11 is 0. The highest BCUT2D eigenvalue weighted by atomic mass is 16.6. The molecule has 1 aliphatic heterocycles. The van der Waals surface area contributed by atoms with Crippen LogP contribution in [0, 0.1) is 17.8 Å². The van der Waals surface area contributed by atoms with E-state index in [9.17, 15) is 19.8 Å². The molecule has 2 aliphatic carbocycles. The van der Waals surface area contributed by atoms with E-state index in [1.807, 2.05) is 6.92 Å². The highest BCUT2D eigenvalue weighted by Gasteiger charge is 2.54. The molecule has 2 N–H and O–H groups in total. The van der Waals surface area contributed by atoms with Crippen LogP contribution in [0.15, 0.2) is 22.8 Å². The molecule has 20 heavy (non-hydrogen) atoms. The summed E-state index contributed by atoms with van der Waals surface area (Å²) < 4.78 is 5.43. The van der Waals surface area contributed by atoms with Crippen molar-refractivity contribution in [3.63, 3.8) is 0 Å². The van der Waals surface area contributed by atoms with E-state index in [0.717, 1.165) is 5.57 Å². The van der Waals surface area contributed by atoms with Gasteiger partial charge in [-0.2, -0.15) is 0 Å². The molecule has 0 aromatic heterocycles. The Morgan fingerprint density at radius 3 is 2.75 bits per heavy atom. The van der Waals surface area contributed by atoms with Gasteiger partial charge in [0, 0.05) is 17.4 Å². The van der Waals surface area contributed by atoms with E-state index in [-0.39, 0.29) is 24.3 Å². The molecule has 5 heteroatoms. The first kappa shape index (κ1) is 13.5. The molecule has 0 aromatic carbocycles. The summed E-state index contributed by atoms with van der Waals surface area (Å²) in [5, 5.41) is 19.8. The zero-order valence-electron chi connectivity index (χ0n) is 11.5. The van der Waals surface area contributed by atoms with Crippen molar-refractivity contribution in [1.82, 2.24) is 0 Å². The van der Waals surface area contributed by atoms with Crippen LogP contribution in [0.1, 0.15) is 20.3 Å². The Morgan fingerprint density at radius 1 is 1.40 bits per heavy atom. The number of allylic oxidation sites excluding steroid dienone is 1. The average molecular weight is 278 g/mol. The monoisotopic (exact) mass is 278 g/mol. The van der Waals surface area contributed by atoms with E-state index in [0.29, 0.717) is 17.6 Å². The Morgan fingerprint density at radius 2 is 2.10 bits per heavy atom. The van der Waals surface area contributed by atoms with Crippen molar-refractivity contribution >= 4 is 11.8 Å². The second kappa shape index (κ2) is 4.53. The summed E-state index contributed by atoms with van der Waals surface area (Å²) in [7, 11) is 0. The van der Waals surface area contributed by atoms with Crippen molar-refractivity contribution in [2.45, 2.75) is 32.5 Å². The Labute approximate surface area is 116 Å². The number of ketones is 1. The molecule has 3 aliphatic rings. The Balaban J connectivity index is 2.11. The first-order valence-corrected chi connectivity index (χ1v) is 6.89. The van der Waals surface area contributed by atoms with E-state index in [1.54, 1.807) is 6.92 Å². The van der Waals surface area contributed by atoms with Gasteiger partial charge in [0.15, 0.2) is 5.78 Å². The van der Waals surface area contributed by atoms with Crippen LogP contribution >= 0.6 is 0 Å². The number of rotatable bonds is 1. The van der Waals surface area contributed by atoms with Crippen LogP contribution in [0.3, 0.4) is 0 Å². The van der Waals surface area contributed by atoms with Crippen molar-refractivity contribution in [2.24, 2.45) is 17.8 Å². The number of hydrogen-bond donors (Lipinski definition) is 2. The molecule has 1 heterocycles. The molecule has 0 spiro atoms. The van der Waals surface area contributed by atoms with Gasteiger partial charge in [-0.1, -0.05) is 12.5 Å². The maximum atomic E-state index is 12.1. The quantitative estimate of drug-likeness (QED) is 0.677. The van der Waals surface area contributed by atoms with Crippen LogP contribution in [0.4, 0.5) is 0 Å². The van der Waals surface area contributed by atoms with Crippen LogP contribution in [0.2, 0.25) is 0 Å². The molecule has 1 fully saturated rings. The first-order valence-electron chi connectivity index (χ1n) is 6.89. The normalized spacial score (nSPS) is 40.2. The summed E-state index contributed by atoms with van der Waals surface area (Å²) in [6.07, 6.45) is 0.554. The molecule has 1 saturated heterocycles. The van der Waals surface area contributed by atoms with Gasteiger partial charge in [-0.25, -0.2) is 0 Å². The molecule has 0 aromatic rings. The van der Waals surface area contributed by atoms with Gasteiger partial charge < -0.3 is 14.9 Å². The smallest absolute Gasteiger partial charge is 0.309 e. The average Bonchev–Trinajstić information content (AvgIpc) is 2.83. The molecule has 3 rings (SSSR count). The molecule has 0 saturated carbocycles. The van der Waals surface area contributed by atoms with Crippen molar-refractivity contribution in [1.29, 1.82) is 0 Å². The molecule has 0 unspecified atom stereocenters.